The number of nitrogens with one attached hydrogen (secondary N) is 2. The predicted octanol–water partition coefficient (Wildman–Crippen LogP) is 4.25. The van der Waals surface area contributed by atoms with E-state index in [9.17, 15) is 4.79 Å². The number of aromatic amines is 1. The lowest BCUT2D eigenvalue weighted by atomic mass is 10.2. The lowest BCUT2D eigenvalue weighted by Crippen LogP contribution is -2.15. The van der Waals surface area contributed by atoms with E-state index in [1.807, 2.05) is 17.6 Å². The highest BCUT2D eigenvalue weighted by Gasteiger charge is 2.10. The lowest BCUT2D eigenvalue weighted by Gasteiger charge is -2.07. The molecule has 150 valence electrons. The largest absolute Gasteiger partial charge is 0.382 e. The first-order valence-corrected chi connectivity index (χ1v) is 10.0. The van der Waals surface area contributed by atoms with Crippen LogP contribution in [0.3, 0.4) is 0 Å². The molecule has 3 aromatic rings. The average molecular weight is 424 g/mol. The summed E-state index contributed by atoms with van der Waals surface area (Å²) in [5, 5.41) is 4.08. The number of benzene rings is 1. The van der Waals surface area contributed by atoms with Gasteiger partial charge in [-0.05, 0) is 43.9 Å². The topological polar surface area (TPSA) is 84.8 Å². The van der Waals surface area contributed by atoms with Crippen LogP contribution in [0.2, 0.25) is 10.0 Å². The minimum absolute atomic E-state index is 0.214. The first kappa shape index (κ1) is 20.6. The average Bonchev–Trinajstić information content (AvgIpc) is 3.09. The van der Waals surface area contributed by atoms with E-state index >= 15 is 0 Å². The van der Waals surface area contributed by atoms with E-state index in [1.165, 1.54) is 0 Å². The van der Waals surface area contributed by atoms with E-state index in [-0.39, 0.29) is 5.56 Å². The molecule has 0 spiro atoms. The Labute approximate surface area is 173 Å². The number of hydrogen-bond acceptors (Lipinski definition) is 5. The SMILES string of the molecule is CCOCCCCCn1cnc2nc(NCc3ccc(Cl)c(Cl)c3)[nH]c(=O)c21. The van der Waals surface area contributed by atoms with Gasteiger partial charge in [0, 0.05) is 26.3 Å². The van der Waals surface area contributed by atoms with Gasteiger partial charge in [-0.3, -0.25) is 9.78 Å². The fourth-order valence-corrected chi connectivity index (χ4v) is 3.20. The third kappa shape index (κ3) is 5.25. The second-order valence-corrected chi connectivity index (χ2v) is 7.20. The van der Waals surface area contributed by atoms with Gasteiger partial charge >= 0.3 is 0 Å². The molecule has 0 saturated heterocycles. The zero-order valence-corrected chi connectivity index (χ0v) is 17.2. The molecule has 1 aromatic carbocycles. The molecule has 2 aromatic heterocycles. The maximum Gasteiger partial charge on any atom is 0.278 e. The van der Waals surface area contributed by atoms with E-state index < -0.39 is 0 Å². The van der Waals surface area contributed by atoms with Crippen molar-refractivity contribution in [2.24, 2.45) is 0 Å². The Hall–Kier alpha value is -2.09. The van der Waals surface area contributed by atoms with Crippen LogP contribution in [0.25, 0.3) is 11.2 Å². The molecule has 2 N–H and O–H groups in total. The van der Waals surface area contributed by atoms with Crippen LogP contribution in [0, 0.1) is 0 Å². The van der Waals surface area contributed by atoms with E-state index in [0.717, 1.165) is 44.6 Å². The fourth-order valence-electron chi connectivity index (χ4n) is 2.88. The quantitative estimate of drug-likeness (QED) is 0.476. The first-order chi connectivity index (χ1) is 13.6. The molecule has 9 heteroatoms. The summed E-state index contributed by atoms with van der Waals surface area (Å²) in [5.41, 5.74) is 1.63. The highest BCUT2D eigenvalue weighted by molar-refractivity contribution is 6.42. The molecule has 28 heavy (non-hydrogen) atoms. The van der Waals surface area contributed by atoms with Gasteiger partial charge in [0.15, 0.2) is 11.2 Å². The van der Waals surface area contributed by atoms with Crippen LogP contribution in [0.15, 0.2) is 29.3 Å². The summed E-state index contributed by atoms with van der Waals surface area (Å²) in [4.78, 5) is 24.0. The minimum Gasteiger partial charge on any atom is -0.382 e. The Kier molecular flexibility index (Phi) is 7.30. The first-order valence-electron chi connectivity index (χ1n) is 9.29. The van der Waals surface area contributed by atoms with Gasteiger partial charge in [-0.1, -0.05) is 29.3 Å². The van der Waals surface area contributed by atoms with Gasteiger partial charge in [-0.25, -0.2) is 4.98 Å². The van der Waals surface area contributed by atoms with Crippen LogP contribution in [0.1, 0.15) is 31.7 Å². The molecule has 7 nitrogen and oxygen atoms in total. The van der Waals surface area contributed by atoms with Crippen molar-refractivity contribution in [1.29, 1.82) is 0 Å². The third-order valence-electron chi connectivity index (χ3n) is 4.32. The number of aryl methyl sites for hydroxylation is 1. The smallest absolute Gasteiger partial charge is 0.278 e. The highest BCUT2D eigenvalue weighted by Crippen LogP contribution is 2.22. The van der Waals surface area contributed by atoms with Crippen LogP contribution in [0.4, 0.5) is 5.95 Å². The summed E-state index contributed by atoms with van der Waals surface area (Å²) in [7, 11) is 0. The summed E-state index contributed by atoms with van der Waals surface area (Å²) in [6.45, 7) is 4.69. The number of anilines is 1. The number of H-pyrrole nitrogens is 1. The molecule has 0 radical (unpaired) electrons. The summed E-state index contributed by atoms with van der Waals surface area (Å²) < 4.78 is 7.19. The van der Waals surface area contributed by atoms with Crippen molar-refractivity contribution in [1.82, 2.24) is 19.5 Å². The molecule has 0 saturated carbocycles. The van der Waals surface area contributed by atoms with Gasteiger partial charge in [-0.2, -0.15) is 4.98 Å². The normalized spacial score (nSPS) is 11.2. The van der Waals surface area contributed by atoms with E-state index in [2.05, 4.69) is 20.3 Å². The summed E-state index contributed by atoms with van der Waals surface area (Å²) in [5.74, 6) is 0.366. The van der Waals surface area contributed by atoms with Gasteiger partial charge in [0.1, 0.15) is 0 Å². The molecular formula is C19H23Cl2N5O2. The lowest BCUT2D eigenvalue weighted by molar-refractivity contribution is 0.143. The molecule has 0 unspecified atom stereocenters. The number of hydrogen-bond donors (Lipinski definition) is 2. The van der Waals surface area contributed by atoms with Crippen LogP contribution >= 0.6 is 23.2 Å². The van der Waals surface area contributed by atoms with E-state index in [0.29, 0.717) is 33.7 Å². The van der Waals surface area contributed by atoms with Crippen molar-refractivity contribution in [3.63, 3.8) is 0 Å². The van der Waals surface area contributed by atoms with Crippen molar-refractivity contribution in [3.8, 4) is 0 Å². The number of fused-ring (bicyclic) bond motifs is 1. The second kappa shape index (κ2) is 9.91. The van der Waals surface area contributed by atoms with Crippen molar-refractivity contribution in [3.05, 3.63) is 50.5 Å². The number of ether oxygens (including phenoxy) is 1. The van der Waals surface area contributed by atoms with Crippen LogP contribution in [-0.2, 0) is 17.8 Å². The van der Waals surface area contributed by atoms with Crippen molar-refractivity contribution in [2.45, 2.75) is 39.3 Å². The van der Waals surface area contributed by atoms with Crippen LogP contribution in [0.5, 0.6) is 0 Å². The number of rotatable bonds is 10. The Bertz CT molecular complexity index is 986. The monoisotopic (exact) mass is 423 g/mol. The standard InChI is InChI=1S/C19H23Cl2N5O2/c1-2-28-9-5-3-4-8-26-12-23-17-16(26)18(27)25-19(24-17)22-11-13-6-7-14(20)15(21)10-13/h6-7,10,12H,2-5,8-9,11H2,1H3,(H2,22,24,25,27). The zero-order chi connectivity index (χ0) is 19.9. The molecule has 0 atom stereocenters. The molecule has 0 amide bonds. The molecular weight excluding hydrogens is 401 g/mol. The molecule has 0 aliphatic rings. The Morgan fingerprint density at radius 1 is 1.21 bits per heavy atom. The van der Waals surface area contributed by atoms with Crippen molar-refractivity contribution < 1.29 is 4.74 Å². The zero-order valence-electron chi connectivity index (χ0n) is 15.7. The van der Waals surface area contributed by atoms with Gasteiger partial charge < -0.3 is 14.6 Å². The van der Waals surface area contributed by atoms with E-state index in [1.54, 1.807) is 18.5 Å². The predicted molar refractivity (Wildman–Crippen MR) is 112 cm³/mol. The summed E-state index contributed by atoms with van der Waals surface area (Å²) in [6.07, 6.45) is 4.67. The van der Waals surface area contributed by atoms with E-state index in [4.69, 9.17) is 27.9 Å². The highest BCUT2D eigenvalue weighted by atomic mass is 35.5. The number of imidazole rings is 1. The third-order valence-corrected chi connectivity index (χ3v) is 5.06. The Morgan fingerprint density at radius 3 is 2.86 bits per heavy atom. The van der Waals surface area contributed by atoms with Gasteiger partial charge in [0.05, 0.1) is 16.4 Å². The number of nitrogens with zero attached hydrogens (tertiary/aromatic N) is 3. The number of halogens is 2. The van der Waals surface area contributed by atoms with Crippen LogP contribution < -0.4 is 10.9 Å². The fraction of sp³-hybridized carbons (Fsp3) is 0.421. The second-order valence-electron chi connectivity index (χ2n) is 6.38. The molecule has 0 bridgehead atoms. The number of unbranched alkanes of at least 4 members (excludes halogenated alkanes) is 2. The Morgan fingerprint density at radius 2 is 2.07 bits per heavy atom. The van der Waals surface area contributed by atoms with Crippen LogP contribution in [-0.4, -0.2) is 32.7 Å². The van der Waals surface area contributed by atoms with Gasteiger partial charge in [0.2, 0.25) is 5.95 Å². The summed E-state index contributed by atoms with van der Waals surface area (Å²) in [6, 6.07) is 5.36. The maximum absolute atomic E-state index is 12.5. The van der Waals surface area contributed by atoms with Crippen molar-refractivity contribution >= 4 is 40.3 Å². The maximum atomic E-state index is 12.5. The molecule has 2 heterocycles. The molecule has 3 rings (SSSR count). The van der Waals surface area contributed by atoms with Gasteiger partial charge in [-0.15, -0.1) is 0 Å². The summed E-state index contributed by atoms with van der Waals surface area (Å²) >= 11 is 12.0. The minimum atomic E-state index is -0.214. The molecule has 0 aliphatic carbocycles. The van der Waals surface area contributed by atoms with Gasteiger partial charge in [0.25, 0.3) is 5.56 Å². The Balaban J connectivity index is 1.63. The van der Waals surface area contributed by atoms with Crippen molar-refractivity contribution in [2.75, 3.05) is 18.5 Å². The number of aromatic nitrogens is 4. The molecule has 0 aliphatic heterocycles. The molecule has 0 fully saturated rings.